The second-order valence-electron chi connectivity index (χ2n) is 7.65. The molecule has 1 heterocycles. The summed E-state index contributed by atoms with van der Waals surface area (Å²) in [6.45, 7) is 0.195. The average molecular weight is 577 g/mol. The summed E-state index contributed by atoms with van der Waals surface area (Å²) >= 11 is 8.22. The summed E-state index contributed by atoms with van der Waals surface area (Å²) in [5, 5.41) is 0.570. The smallest absolute Gasteiger partial charge is 0.257 e. The van der Waals surface area contributed by atoms with Crippen molar-refractivity contribution in [1.29, 1.82) is 0 Å². The molecule has 0 bridgehead atoms. The molecule has 4 rings (SSSR count). The van der Waals surface area contributed by atoms with E-state index >= 15 is 0 Å². The fourth-order valence-corrected chi connectivity index (χ4v) is 4.39. The second-order valence-corrected chi connectivity index (χ2v) is 9.33. The SMILES string of the molecule is O=C1CC(N(CCc2cccc(Cl)c2)C(=O)c2ccc(F)cc2)C(=O)N1c1ccc(I)cc1. The van der Waals surface area contributed by atoms with Gasteiger partial charge in [0.05, 0.1) is 12.1 Å². The van der Waals surface area contributed by atoms with Crippen molar-refractivity contribution >= 4 is 57.6 Å². The second kappa shape index (κ2) is 10.0. The molecule has 3 amide bonds. The van der Waals surface area contributed by atoms with Crippen LogP contribution < -0.4 is 4.90 Å². The summed E-state index contributed by atoms with van der Waals surface area (Å²) in [5.74, 6) is -1.73. The minimum atomic E-state index is -0.950. The molecular formula is C25H19ClFIN2O3. The lowest BCUT2D eigenvalue weighted by molar-refractivity contribution is -0.122. The van der Waals surface area contributed by atoms with Gasteiger partial charge in [-0.25, -0.2) is 9.29 Å². The van der Waals surface area contributed by atoms with Gasteiger partial charge in [-0.3, -0.25) is 14.4 Å². The predicted octanol–water partition coefficient (Wildman–Crippen LogP) is 5.10. The zero-order valence-corrected chi connectivity index (χ0v) is 20.3. The lowest BCUT2D eigenvalue weighted by Crippen LogP contribution is -2.46. The molecule has 0 radical (unpaired) electrons. The van der Waals surface area contributed by atoms with E-state index in [1.807, 2.05) is 24.3 Å². The van der Waals surface area contributed by atoms with Crippen LogP contribution in [0.4, 0.5) is 10.1 Å². The Morgan fingerprint density at radius 1 is 1.06 bits per heavy atom. The van der Waals surface area contributed by atoms with Gasteiger partial charge in [0.2, 0.25) is 5.91 Å². The number of imide groups is 1. The largest absolute Gasteiger partial charge is 0.326 e. The Kier molecular flexibility index (Phi) is 7.09. The molecule has 0 aliphatic carbocycles. The third-order valence-electron chi connectivity index (χ3n) is 5.47. The minimum absolute atomic E-state index is 0.118. The topological polar surface area (TPSA) is 57.7 Å². The van der Waals surface area contributed by atoms with E-state index in [9.17, 15) is 18.8 Å². The summed E-state index contributed by atoms with van der Waals surface area (Å²) in [6, 6.07) is 18.5. The van der Waals surface area contributed by atoms with Crippen LogP contribution in [-0.2, 0) is 16.0 Å². The van der Waals surface area contributed by atoms with Crippen molar-refractivity contribution in [2.24, 2.45) is 0 Å². The number of hydrogen-bond donors (Lipinski definition) is 0. The zero-order valence-electron chi connectivity index (χ0n) is 17.4. The van der Waals surface area contributed by atoms with Crippen molar-refractivity contribution in [2.75, 3.05) is 11.4 Å². The Morgan fingerprint density at radius 2 is 1.76 bits per heavy atom. The molecule has 5 nitrogen and oxygen atoms in total. The third kappa shape index (κ3) is 5.25. The van der Waals surface area contributed by atoms with Gasteiger partial charge in [0.1, 0.15) is 11.9 Å². The van der Waals surface area contributed by atoms with Gasteiger partial charge in [0, 0.05) is 20.7 Å². The van der Waals surface area contributed by atoms with E-state index in [0.717, 1.165) is 14.0 Å². The molecule has 33 heavy (non-hydrogen) atoms. The summed E-state index contributed by atoms with van der Waals surface area (Å²) in [7, 11) is 0. The Balaban J connectivity index is 1.63. The molecule has 0 aromatic heterocycles. The van der Waals surface area contributed by atoms with Crippen molar-refractivity contribution in [1.82, 2.24) is 4.90 Å². The molecule has 1 aliphatic heterocycles. The molecule has 3 aromatic rings. The van der Waals surface area contributed by atoms with Crippen molar-refractivity contribution in [3.05, 3.63) is 98.3 Å². The number of benzene rings is 3. The van der Waals surface area contributed by atoms with Gasteiger partial charge in [-0.15, -0.1) is 0 Å². The van der Waals surface area contributed by atoms with E-state index in [2.05, 4.69) is 22.6 Å². The highest BCUT2D eigenvalue weighted by molar-refractivity contribution is 14.1. The van der Waals surface area contributed by atoms with Crippen LogP contribution in [0.15, 0.2) is 72.8 Å². The molecule has 1 saturated heterocycles. The van der Waals surface area contributed by atoms with E-state index in [1.165, 1.54) is 29.2 Å². The van der Waals surface area contributed by atoms with Crippen LogP contribution in [0.25, 0.3) is 0 Å². The highest BCUT2D eigenvalue weighted by Gasteiger charge is 2.44. The lowest BCUT2D eigenvalue weighted by atomic mass is 10.1. The normalized spacial score (nSPS) is 15.7. The minimum Gasteiger partial charge on any atom is -0.326 e. The van der Waals surface area contributed by atoms with Crippen molar-refractivity contribution in [3.8, 4) is 0 Å². The summed E-state index contributed by atoms with van der Waals surface area (Å²) in [6.07, 6.45) is 0.322. The van der Waals surface area contributed by atoms with E-state index in [0.29, 0.717) is 17.1 Å². The highest BCUT2D eigenvalue weighted by atomic mass is 127. The number of amides is 3. The van der Waals surface area contributed by atoms with Crippen molar-refractivity contribution in [3.63, 3.8) is 0 Å². The van der Waals surface area contributed by atoms with Gasteiger partial charge in [0.25, 0.3) is 11.8 Å². The molecular weight excluding hydrogens is 558 g/mol. The molecule has 0 spiro atoms. The van der Waals surface area contributed by atoms with Crippen molar-refractivity contribution < 1.29 is 18.8 Å². The molecule has 8 heteroatoms. The van der Waals surface area contributed by atoms with Crippen molar-refractivity contribution in [2.45, 2.75) is 18.9 Å². The van der Waals surface area contributed by atoms with Gasteiger partial charge in [-0.1, -0.05) is 23.7 Å². The molecule has 1 aliphatic rings. The zero-order chi connectivity index (χ0) is 23.5. The van der Waals surface area contributed by atoms with Crippen LogP contribution >= 0.6 is 34.2 Å². The Labute approximate surface area is 209 Å². The van der Waals surface area contributed by atoms with Crippen LogP contribution in [0.3, 0.4) is 0 Å². The summed E-state index contributed by atoms with van der Waals surface area (Å²) in [5.41, 5.74) is 1.61. The van der Waals surface area contributed by atoms with Gasteiger partial charge in [-0.05, 0) is 95.2 Å². The predicted molar refractivity (Wildman–Crippen MR) is 133 cm³/mol. The molecule has 1 fully saturated rings. The average Bonchev–Trinajstić information content (AvgIpc) is 3.09. The van der Waals surface area contributed by atoms with E-state index < -0.39 is 23.7 Å². The first kappa shape index (κ1) is 23.4. The highest BCUT2D eigenvalue weighted by Crippen LogP contribution is 2.27. The molecule has 1 atom stereocenters. The van der Waals surface area contributed by atoms with E-state index in [1.54, 1.807) is 24.3 Å². The first-order valence-corrected chi connectivity index (χ1v) is 11.7. The Morgan fingerprint density at radius 3 is 2.42 bits per heavy atom. The fraction of sp³-hybridized carbons (Fsp3) is 0.160. The van der Waals surface area contributed by atoms with E-state index in [4.69, 9.17) is 11.6 Å². The quantitative estimate of drug-likeness (QED) is 0.303. The number of carbonyl (C=O) groups is 3. The van der Waals surface area contributed by atoms with E-state index in [-0.39, 0.29) is 24.4 Å². The molecule has 168 valence electrons. The number of carbonyl (C=O) groups excluding carboxylic acids is 3. The lowest BCUT2D eigenvalue weighted by Gasteiger charge is -2.28. The molecule has 0 N–H and O–H groups in total. The van der Waals surface area contributed by atoms with Crippen LogP contribution in [0.1, 0.15) is 22.3 Å². The monoisotopic (exact) mass is 576 g/mol. The van der Waals surface area contributed by atoms with Gasteiger partial charge in [-0.2, -0.15) is 0 Å². The van der Waals surface area contributed by atoms with Crippen LogP contribution in [0.2, 0.25) is 5.02 Å². The van der Waals surface area contributed by atoms with Gasteiger partial charge < -0.3 is 4.90 Å². The number of anilines is 1. The third-order valence-corrected chi connectivity index (χ3v) is 6.42. The number of rotatable bonds is 6. The van der Waals surface area contributed by atoms with Gasteiger partial charge in [0.15, 0.2) is 0 Å². The number of nitrogens with zero attached hydrogens (tertiary/aromatic N) is 2. The fourth-order valence-electron chi connectivity index (χ4n) is 3.82. The molecule has 3 aromatic carbocycles. The Hall–Kier alpha value is -2.78. The standard InChI is InChI=1S/C25H19ClFIN2O3/c26-18-3-1-2-16(14-18)12-13-29(24(32)17-4-6-19(27)7-5-17)22-15-23(31)30(25(22)33)21-10-8-20(28)9-11-21/h1-11,14,22H,12-13,15H2. The van der Waals surface area contributed by atoms with Crippen LogP contribution in [-0.4, -0.2) is 35.2 Å². The maximum atomic E-state index is 13.4. The van der Waals surface area contributed by atoms with Crippen LogP contribution in [0.5, 0.6) is 0 Å². The number of halogens is 3. The Bertz CT molecular complexity index is 1200. The first-order chi connectivity index (χ1) is 15.8. The van der Waals surface area contributed by atoms with Crippen LogP contribution in [0, 0.1) is 9.39 Å². The summed E-state index contributed by atoms with van der Waals surface area (Å²) < 4.78 is 14.4. The van der Waals surface area contributed by atoms with Gasteiger partial charge >= 0.3 is 0 Å². The molecule has 0 saturated carbocycles. The maximum absolute atomic E-state index is 13.4. The summed E-state index contributed by atoms with van der Waals surface area (Å²) in [4.78, 5) is 42.0. The number of hydrogen-bond acceptors (Lipinski definition) is 3. The first-order valence-electron chi connectivity index (χ1n) is 10.3. The maximum Gasteiger partial charge on any atom is 0.257 e. The molecule has 1 unspecified atom stereocenters.